The van der Waals surface area contributed by atoms with Gasteiger partial charge in [-0.15, -0.1) is 11.6 Å². The second kappa shape index (κ2) is 7.73. The van der Waals surface area contributed by atoms with Crippen molar-refractivity contribution in [3.05, 3.63) is 35.4 Å². The fourth-order valence-electron chi connectivity index (χ4n) is 1.92. The van der Waals surface area contributed by atoms with Crippen molar-refractivity contribution in [1.29, 1.82) is 0 Å². The molecule has 0 heterocycles. The van der Waals surface area contributed by atoms with Crippen LogP contribution in [0.25, 0.3) is 0 Å². The molecule has 1 heteroatoms. The van der Waals surface area contributed by atoms with Crippen molar-refractivity contribution in [3.63, 3.8) is 0 Å². The molecular weight excluding hydrogens is 216 g/mol. The maximum absolute atomic E-state index is 5.97. The SMILES string of the molecule is CCCCCCc1ccc(CC(C)Cl)cc1. The third-order valence-electron chi connectivity index (χ3n) is 2.86. The molecule has 0 nitrogen and oxygen atoms in total. The number of hydrogen-bond acceptors (Lipinski definition) is 0. The smallest absolute Gasteiger partial charge is 0.0348 e. The Bertz CT molecular complexity index is 274. The van der Waals surface area contributed by atoms with E-state index in [9.17, 15) is 0 Å². The summed E-state index contributed by atoms with van der Waals surface area (Å²) in [4.78, 5) is 0. The fraction of sp³-hybridized carbons (Fsp3) is 0.600. The molecule has 0 bridgehead atoms. The Kier molecular flexibility index (Phi) is 6.56. The molecule has 1 aromatic carbocycles. The van der Waals surface area contributed by atoms with Crippen LogP contribution in [0.3, 0.4) is 0 Å². The first-order chi connectivity index (χ1) is 7.72. The lowest BCUT2D eigenvalue weighted by Gasteiger charge is -2.05. The monoisotopic (exact) mass is 238 g/mol. The maximum atomic E-state index is 5.97. The van der Waals surface area contributed by atoms with Gasteiger partial charge < -0.3 is 0 Å². The van der Waals surface area contributed by atoms with E-state index in [0.717, 1.165) is 6.42 Å². The summed E-state index contributed by atoms with van der Waals surface area (Å²) in [7, 11) is 0. The topological polar surface area (TPSA) is 0 Å². The summed E-state index contributed by atoms with van der Waals surface area (Å²) in [5.74, 6) is 0. The Morgan fingerprint density at radius 2 is 1.62 bits per heavy atom. The number of halogens is 1. The highest BCUT2D eigenvalue weighted by Gasteiger charge is 1.99. The fourth-order valence-corrected chi connectivity index (χ4v) is 2.10. The van der Waals surface area contributed by atoms with E-state index in [1.54, 1.807) is 0 Å². The van der Waals surface area contributed by atoms with Crippen molar-refractivity contribution < 1.29 is 0 Å². The van der Waals surface area contributed by atoms with Crippen molar-refractivity contribution >= 4 is 11.6 Å². The van der Waals surface area contributed by atoms with Crippen LogP contribution in [-0.2, 0) is 12.8 Å². The van der Waals surface area contributed by atoms with E-state index in [-0.39, 0.29) is 5.38 Å². The predicted molar refractivity (Wildman–Crippen MR) is 73.3 cm³/mol. The first-order valence-electron chi connectivity index (χ1n) is 6.44. The third-order valence-corrected chi connectivity index (χ3v) is 3.01. The van der Waals surface area contributed by atoms with E-state index in [1.807, 2.05) is 6.92 Å². The molecule has 16 heavy (non-hydrogen) atoms. The molecule has 1 atom stereocenters. The minimum absolute atomic E-state index is 0.232. The number of rotatable bonds is 7. The maximum Gasteiger partial charge on any atom is 0.0348 e. The van der Waals surface area contributed by atoms with E-state index >= 15 is 0 Å². The Labute approximate surface area is 105 Å². The molecule has 0 fully saturated rings. The largest absolute Gasteiger partial charge is 0.123 e. The Balaban J connectivity index is 2.33. The highest BCUT2D eigenvalue weighted by Crippen LogP contribution is 2.12. The second-order valence-corrected chi connectivity index (χ2v) is 5.36. The van der Waals surface area contributed by atoms with Crippen LogP contribution < -0.4 is 0 Å². The summed E-state index contributed by atoms with van der Waals surface area (Å²) >= 11 is 5.97. The molecule has 0 aliphatic carbocycles. The zero-order valence-electron chi connectivity index (χ0n) is 10.5. The van der Waals surface area contributed by atoms with Crippen LogP contribution >= 0.6 is 11.6 Å². The Hall–Kier alpha value is -0.490. The van der Waals surface area contributed by atoms with Crippen molar-refractivity contribution in [1.82, 2.24) is 0 Å². The molecule has 0 aromatic heterocycles. The molecule has 1 aromatic rings. The molecule has 0 radical (unpaired) electrons. The van der Waals surface area contributed by atoms with Gasteiger partial charge >= 0.3 is 0 Å². The summed E-state index contributed by atoms with van der Waals surface area (Å²) in [5.41, 5.74) is 2.81. The van der Waals surface area contributed by atoms with Crippen LogP contribution in [0, 0.1) is 0 Å². The van der Waals surface area contributed by atoms with Gasteiger partial charge in [-0.1, -0.05) is 50.5 Å². The van der Waals surface area contributed by atoms with Gasteiger partial charge in [-0.2, -0.15) is 0 Å². The van der Waals surface area contributed by atoms with Gasteiger partial charge in [-0.05, 0) is 37.3 Å². The molecule has 90 valence electrons. The number of unbranched alkanes of at least 4 members (excludes halogenated alkanes) is 3. The van der Waals surface area contributed by atoms with Crippen molar-refractivity contribution in [2.75, 3.05) is 0 Å². The lowest BCUT2D eigenvalue weighted by atomic mass is 10.0. The highest BCUT2D eigenvalue weighted by molar-refractivity contribution is 6.20. The van der Waals surface area contributed by atoms with Gasteiger partial charge in [-0.3, -0.25) is 0 Å². The summed E-state index contributed by atoms with van der Waals surface area (Å²) < 4.78 is 0. The number of aryl methyl sites for hydroxylation is 1. The van der Waals surface area contributed by atoms with E-state index < -0.39 is 0 Å². The molecule has 0 saturated heterocycles. The quantitative estimate of drug-likeness (QED) is 0.464. The average Bonchev–Trinajstić information content (AvgIpc) is 2.26. The highest BCUT2D eigenvalue weighted by atomic mass is 35.5. The van der Waals surface area contributed by atoms with Gasteiger partial charge in [0.1, 0.15) is 0 Å². The third kappa shape index (κ3) is 5.55. The molecular formula is C15H23Cl. The minimum Gasteiger partial charge on any atom is -0.123 e. The second-order valence-electron chi connectivity index (χ2n) is 4.61. The van der Waals surface area contributed by atoms with Gasteiger partial charge in [0.2, 0.25) is 0 Å². The summed E-state index contributed by atoms with van der Waals surface area (Å²) in [6.45, 7) is 4.29. The molecule has 1 rings (SSSR count). The van der Waals surface area contributed by atoms with Crippen LogP contribution in [-0.4, -0.2) is 5.38 Å². The van der Waals surface area contributed by atoms with Gasteiger partial charge in [0.05, 0.1) is 0 Å². The Morgan fingerprint density at radius 1 is 1.00 bits per heavy atom. The van der Waals surface area contributed by atoms with Crippen LogP contribution in [0.15, 0.2) is 24.3 Å². The molecule has 0 amide bonds. The number of hydrogen-bond donors (Lipinski definition) is 0. The normalized spacial score (nSPS) is 12.7. The molecule has 0 spiro atoms. The van der Waals surface area contributed by atoms with E-state index in [4.69, 9.17) is 11.6 Å². The van der Waals surface area contributed by atoms with Crippen LogP contribution in [0.4, 0.5) is 0 Å². The van der Waals surface area contributed by atoms with Crippen LogP contribution in [0.2, 0.25) is 0 Å². The first-order valence-corrected chi connectivity index (χ1v) is 6.88. The summed E-state index contributed by atoms with van der Waals surface area (Å²) in [6.07, 6.45) is 7.54. The number of benzene rings is 1. The number of alkyl halides is 1. The molecule has 0 N–H and O–H groups in total. The van der Waals surface area contributed by atoms with E-state index in [2.05, 4.69) is 31.2 Å². The van der Waals surface area contributed by atoms with Gasteiger partial charge in [0, 0.05) is 5.38 Å². The van der Waals surface area contributed by atoms with Crippen molar-refractivity contribution in [2.24, 2.45) is 0 Å². The van der Waals surface area contributed by atoms with E-state index in [1.165, 1.54) is 43.2 Å². The lowest BCUT2D eigenvalue weighted by molar-refractivity contribution is 0.667. The molecule has 0 aliphatic heterocycles. The van der Waals surface area contributed by atoms with Gasteiger partial charge in [0.15, 0.2) is 0 Å². The molecule has 0 aliphatic rings. The summed E-state index contributed by atoms with van der Waals surface area (Å²) in [5, 5.41) is 0.232. The summed E-state index contributed by atoms with van der Waals surface area (Å²) in [6, 6.07) is 8.93. The lowest BCUT2D eigenvalue weighted by Crippen LogP contribution is -1.97. The van der Waals surface area contributed by atoms with Crippen molar-refractivity contribution in [2.45, 2.75) is 57.7 Å². The average molecular weight is 239 g/mol. The van der Waals surface area contributed by atoms with Crippen LogP contribution in [0.1, 0.15) is 50.7 Å². The Morgan fingerprint density at radius 3 is 2.19 bits per heavy atom. The predicted octanol–water partition coefficient (Wildman–Crippen LogP) is 4.98. The van der Waals surface area contributed by atoms with E-state index in [0.29, 0.717) is 0 Å². The standard InChI is InChI=1S/C15H23Cl/c1-3-4-5-6-7-14-8-10-15(11-9-14)12-13(2)16/h8-11,13H,3-7,12H2,1-2H3. The zero-order valence-corrected chi connectivity index (χ0v) is 11.3. The van der Waals surface area contributed by atoms with Gasteiger partial charge in [-0.25, -0.2) is 0 Å². The van der Waals surface area contributed by atoms with Gasteiger partial charge in [0.25, 0.3) is 0 Å². The minimum atomic E-state index is 0.232. The molecule has 1 unspecified atom stereocenters. The van der Waals surface area contributed by atoms with Crippen LogP contribution in [0.5, 0.6) is 0 Å². The first kappa shape index (κ1) is 13.6. The molecule has 0 saturated carbocycles. The zero-order chi connectivity index (χ0) is 11.8. The van der Waals surface area contributed by atoms with Crippen molar-refractivity contribution in [3.8, 4) is 0 Å².